The first kappa shape index (κ1) is 9.16. The Hall–Kier alpha value is -1.41. The number of hydrogen-bond acceptors (Lipinski definition) is 2. The van der Waals surface area contributed by atoms with Gasteiger partial charge < -0.3 is 5.73 Å². The van der Waals surface area contributed by atoms with E-state index in [2.05, 4.69) is 11.1 Å². The first-order valence-corrected chi connectivity index (χ1v) is 4.85. The molecule has 1 atom stereocenters. The molecule has 14 heavy (non-hydrogen) atoms. The number of hydrogen-bond donors (Lipinski definition) is 1. The number of nitrogens with zero attached hydrogens (tertiary/aromatic N) is 1. The molecule has 2 N–H and O–H groups in total. The molecular weight excluding hydrogens is 172 g/mol. The van der Waals surface area contributed by atoms with E-state index in [4.69, 9.17) is 5.73 Å². The van der Waals surface area contributed by atoms with Crippen LogP contribution in [0.1, 0.15) is 12.5 Å². The highest BCUT2D eigenvalue weighted by Gasteiger charge is 2.02. The molecule has 0 aliphatic heterocycles. The van der Waals surface area contributed by atoms with Gasteiger partial charge in [-0.1, -0.05) is 18.2 Å². The molecule has 0 radical (unpaired) electrons. The van der Waals surface area contributed by atoms with Gasteiger partial charge in [0.25, 0.3) is 0 Å². The van der Waals surface area contributed by atoms with Gasteiger partial charge in [-0.05, 0) is 31.0 Å². The Balaban J connectivity index is 2.53. The van der Waals surface area contributed by atoms with Crippen molar-refractivity contribution in [1.82, 2.24) is 4.98 Å². The summed E-state index contributed by atoms with van der Waals surface area (Å²) in [7, 11) is 0. The van der Waals surface area contributed by atoms with Crippen molar-refractivity contribution < 1.29 is 0 Å². The Morgan fingerprint density at radius 1 is 1.29 bits per heavy atom. The first-order chi connectivity index (χ1) is 6.77. The minimum Gasteiger partial charge on any atom is -0.328 e. The Morgan fingerprint density at radius 2 is 2.07 bits per heavy atom. The molecule has 1 aromatic carbocycles. The molecule has 0 aliphatic rings. The summed E-state index contributed by atoms with van der Waals surface area (Å²) in [6, 6.07) is 10.4. The van der Waals surface area contributed by atoms with Crippen LogP contribution in [0.15, 0.2) is 36.5 Å². The van der Waals surface area contributed by atoms with E-state index >= 15 is 0 Å². The summed E-state index contributed by atoms with van der Waals surface area (Å²) in [6.07, 6.45) is 2.75. The second kappa shape index (κ2) is 3.76. The highest BCUT2D eigenvalue weighted by Crippen LogP contribution is 2.16. The van der Waals surface area contributed by atoms with Crippen LogP contribution in [0.3, 0.4) is 0 Å². The summed E-state index contributed by atoms with van der Waals surface area (Å²) in [6.45, 7) is 2.02. The minimum absolute atomic E-state index is 0.195. The Labute approximate surface area is 83.8 Å². The summed E-state index contributed by atoms with van der Waals surface area (Å²) in [5.74, 6) is 0. The Morgan fingerprint density at radius 3 is 2.86 bits per heavy atom. The van der Waals surface area contributed by atoms with Gasteiger partial charge in [-0.3, -0.25) is 4.98 Å². The molecule has 0 saturated heterocycles. The average molecular weight is 186 g/mol. The molecule has 2 nitrogen and oxygen atoms in total. The summed E-state index contributed by atoms with van der Waals surface area (Å²) in [4.78, 5) is 4.31. The van der Waals surface area contributed by atoms with Gasteiger partial charge in [0.2, 0.25) is 0 Å². The standard InChI is InChI=1S/C12H14N2/c1-9(13)8-10-6-7-14-12-5-3-2-4-11(10)12/h2-7,9H,8,13H2,1H3/t9-/m1/s1. The van der Waals surface area contributed by atoms with Crippen molar-refractivity contribution in [3.05, 3.63) is 42.1 Å². The van der Waals surface area contributed by atoms with E-state index < -0.39 is 0 Å². The van der Waals surface area contributed by atoms with Crippen LogP contribution in [0, 0.1) is 0 Å². The van der Waals surface area contributed by atoms with E-state index in [0.29, 0.717) is 0 Å². The lowest BCUT2D eigenvalue weighted by atomic mass is 10.0. The lowest BCUT2D eigenvalue weighted by Gasteiger charge is -2.07. The normalized spacial score (nSPS) is 13.0. The molecule has 0 amide bonds. The van der Waals surface area contributed by atoms with Crippen LogP contribution < -0.4 is 5.73 Å². The quantitative estimate of drug-likeness (QED) is 0.780. The van der Waals surface area contributed by atoms with Gasteiger partial charge in [0, 0.05) is 17.6 Å². The van der Waals surface area contributed by atoms with Crippen LogP contribution in [-0.4, -0.2) is 11.0 Å². The van der Waals surface area contributed by atoms with Crippen molar-refractivity contribution in [1.29, 1.82) is 0 Å². The molecule has 0 saturated carbocycles. The SMILES string of the molecule is C[C@@H](N)Cc1ccnc2ccccc12. The highest BCUT2D eigenvalue weighted by molar-refractivity contribution is 5.81. The van der Waals surface area contributed by atoms with Crippen LogP contribution in [0.4, 0.5) is 0 Å². The number of para-hydroxylation sites is 1. The lowest BCUT2D eigenvalue weighted by Crippen LogP contribution is -2.17. The average Bonchev–Trinajstić information content (AvgIpc) is 2.18. The van der Waals surface area contributed by atoms with E-state index in [-0.39, 0.29) is 6.04 Å². The third-order valence-corrected chi connectivity index (χ3v) is 2.28. The third kappa shape index (κ3) is 1.75. The lowest BCUT2D eigenvalue weighted by molar-refractivity contribution is 0.741. The summed E-state index contributed by atoms with van der Waals surface area (Å²) in [5.41, 5.74) is 8.12. The van der Waals surface area contributed by atoms with Crippen molar-refractivity contribution in [3.8, 4) is 0 Å². The van der Waals surface area contributed by atoms with Gasteiger partial charge in [-0.25, -0.2) is 0 Å². The van der Waals surface area contributed by atoms with Crippen molar-refractivity contribution >= 4 is 10.9 Å². The number of benzene rings is 1. The molecule has 2 rings (SSSR count). The smallest absolute Gasteiger partial charge is 0.0704 e. The van der Waals surface area contributed by atoms with Crippen LogP contribution in [0.25, 0.3) is 10.9 Å². The summed E-state index contributed by atoms with van der Waals surface area (Å²) < 4.78 is 0. The zero-order valence-corrected chi connectivity index (χ0v) is 8.27. The fourth-order valence-corrected chi connectivity index (χ4v) is 1.68. The molecule has 1 aromatic heterocycles. The van der Waals surface area contributed by atoms with E-state index in [9.17, 15) is 0 Å². The van der Waals surface area contributed by atoms with Gasteiger partial charge in [0.1, 0.15) is 0 Å². The molecule has 0 unspecified atom stereocenters. The minimum atomic E-state index is 0.195. The van der Waals surface area contributed by atoms with E-state index in [1.807, 2.05) is 37.4 Å². The maximum atomic E-state index is 5.80. The first-order valence-electron chi connectivity index (χ1n) is 4.85. The van der Waals surface area contributed by atoms with E-state index in [1.165, 1.54) is 10.9 Å². The number of aromatic nitrogens is 1. The highest BCUT2D eigenvalue weighted by atomic mass is 14.6. The van der Waals surface area contributed by atoms with Crippen molar-refractivity contribution in [3.63, 3.8) is 0 Å². The van der Waals surface area contributed by atoms with Gasteiger partial charge in [0.05, 0.1) is 5.52 Å². The number of rotatable bonds is 2. The van der Waals surface area contributed by atoms with Gasteiger partial charge in [-0.2, -0.15) is 0 Å². The Kier molecular flexibility index (Phi) is 2.46. The predicted octanol–water partition coefficient (Wildman–Crippen LogP) is 2.12. The number of nitrogens with two attached hydrogens (primary N) is 1. The molecule has 72 valence electrons. The van der Waals surface area contributed by atoms with Crippen LogP contribution in [-0.2, 0) is 6.42 Å². The maximum absolute atomic E-state index is 5.80. The Bertz CT molecular complexity index is 430. The molecule has 2 aromatic rings. The van der Waals surface area contributed by atoms with Crippen LogP contribution in [0.5, 0.6) is 0 Å². The second-order valence-electron chi connectivity index (χ2n) is 3.67. The molecule has 0 aliphatic carbocycles. The van der Waals surface area contributed by atoms with Gasteiger partial charge in [0.15, 0.2) is 0 Å². The number of pyridine rings is 1. The molecule has 0 bridgehead atoms. The monoisotopic (exact) mass is 186 g/mol. The summed E-state index contributed by atoms with van der Waals surface area (Å²) >= 11 is 0. The molecule has 2 heteroatoms. The van der Waals surface area contributed by atoms with E-state index in [0.717, 1.165) is 11.9 Å². The van der Waals surface area contributed by atoms with Gasteiger partial charge in [-0.15, -0.1) is 0 Å². The maximum Gasteiger partial charge on any atom is 0.0704 e. The zero-order chi connectivity index (χ0) is 9.97. The molecule has 1 heterocycles. The molecule has 0 fully saturated rings. The second-order valence-corrected chi connectivity index (χ2v) is 3.67. The molecule has 0 spiro atoms. The van der Waals surface area contributed by atoms with Gasteiger partial charge >= 0.3 is 0 Å². The summed E-state index contributed by atoms with van der Waals surface area (Å²) in [5, 5.41) is 1.22. The molecular formula is C12H14N2. The van der Waals surface area contributed by atoms with Crippen LogP contribution in [0.2, 0.25) is 0 Å². The third-order valence-electron chi connectivity index (χ3n) is 2.28. The number of fused-ring (bicyclic) bond motifs is 1. The van der Waals surface area contributed by atoms with Crippen molar-refractivity contribution in [2.45, 2.75) is 19.4 Å². The largest absolute Gasteiger partial charge is 0.328 e. The fourth-order valence-electron chi connectivity index (χ4n) is 1.68. The topological polar surface area (TPSA) is 38.9 Å². The van der Waals surface area contributed by atoms with Crippen molar-refractivity contribution in [2.75, 3.05) is 0 Å². The van der Waals surface area contributed by atoms with Crippen molar-refractivity contribution in [2.24, 2.45) is 5.73 Å². The fraction of sp³-hybridized carbons (Fsp3) is 0.250. The zero-order valence-electron chi connectivity index (χ0n) is 8.27. The van der Waals surface area contributed by atoms with E-state index in [1.54, 1.807) is 0 Å². The van der Waals surface area contributed by atoms with Crippen LogP contribution >= 0.6 is 0 Å². The predicted molar refractivity (Wildman–Crippen MR) is 59.1 cm³/mol.